The maximum absolute atomic E-state index is 11.7. The van der Waals surface area contributed by atoms with Gasteiger partial charge in [-0.1, -0.05) is 11.6 Å². The van der Waals surface area contributed by atoms with Gasteiger partial charge in [0.05, 0.1) is 6.54 Å². The highest BCUT2D eigenvalue weighted by molar-refractivity contribution is 6.30. The summed E-state index contributed by atoms with van der Waals surface area (Å²) in [5, 5.41) is 13.3. The number of aromatic nitrogens is 2. The van der Waals surface area contributed by atoms with Gasteiger partial charge in [0.2, 0.25) is 11.5 Å². The van der Waals surface area contributed by atoms with Gasteiger partial charge in [-0.25, -0.2) is 4.63 Å². The number of nitrogens with two attached hydrogens (primary N) is 1. The van der Waals surface area contributed by atoms with Gasteiger partial charge in [0, 0.05) is 23.7 Å². The van der Waals surface area contributed by atoms with E-state index in [0.717, 1.165) is 17.1 Å². The predicted molar refractivity (Wildman–Crippen MR) is 91.9 cm³/mol. The van der Waals surface area contributed by atoms with Gasteiger partial charge in [-0.05, 0) is 46.7 Å². The van der Waals surface area contributed by atoms with Crippen LogP contribution in [0.2, 0.25) is 5.02 Å². The van der Waals surface area contributed by atoms with Crippen molar-refractivity contribution in [3.8, 4) is 11.3 Å². The molecule has 26 heavy (non-hydrogen) atoms. The highest BCUT2D eigenvalue weighted by atomic mass is 35.5. The van der Waals surface area contributed by atoms with Crippen LogP contribution in [0.15, 0.2) is 45.4 Å². The average Bonchev–Trinajstić information content (AvgIpc) is 3.24. The second-order valence-corrected chi connectivity index (χ2v) is 5.64. The summed E-state index contributed by atoms with van der Waals surface area (Å²) in [5.41, 5.74) is 6.39. The van der Waals surface area contributed by atoms with Crippen LogP contribution in [0.4, 0.5) is 5.82 Å². The summed E-state index contributed by atoms with van der Waals surface area (Å²) >= 11 is 5.88. The van der Waals surface area contributed by atoms with E-state index >= 15 is 0 Å². The molecule has 3 rings (SSSR count). The van der Waals surface area contributed by atoms with Crippen LogP contribution in [0, 0.1) is 0 Å². The van der Waals surface area contributed by atoms with Crippen molar-refractivity contribution in [1.29, 1.82) is 0 Å². The number of hydrogen-bond acceptors (Lipinski definition) is 7. The van der Waals surface area contributed by atoms with Crippen molar-refractivity contribution in [2.75, 3.05) is 18.8 Å². The predicted octanol–water partition coefficient (Wildman–Crippen LogP) is -0.911. The molecule has 3 aromatic rings. The molecule has 1 aromatic carbocycles. The standard InChI is InChI=1S/C16H16ClN5O3.ClH/c17-11-3-1-10(2-4-11)13-6-5-12(24-13)9-19-7-8-20-16(23)14-15(18)22-25-21-14;/h1-6,19H,7-9H2,(H2,18,22)(H,20,23);1H/p-1. The van der Waals surface area contributed by atoms with Crippen molar-refractivity contribution in [1.82, 2.24) is 20.9 Å². The Kier molecular flexibility index (Phi) is 7.02. The van der Waals surface area contributed by atoms with Crippen LogP contribution in [0.1, 0.15) is 16.2 Å². The Morgan fingerprint density at radius 1 is 1.12 bits per heavy atom. The molecule has 0 bridgehead atoms. The molecule has 0 radical (unpaired) electrons. The number of nitrogens with zero attached hydrogens (tertiary/aromatic N) is 2. The maximum atomic E-state index is 11.7. The number of halogens is 2. The first-order chi connectivity index (χ1) is 12.1. The number of nitrogens with one attached hydrogen (secondary N) is 2. The molecule has 0 fully saturated rings. The number of nitrogen functional groups attached to an aromatic ring is 1. The van der Waals surface area contributed by atoms with Gasteiger partial charge in [0.1, 0.15) is 11.5 Å². The summed E-state index contributed by atoms with van der Waals surface area (Å²) in [7, 11) is 0. The molecule has 2 heterocycles. The van der Waals surface area contributed by atoms with E-state index in [1.54, 1.807) is 0 Å². The minimum absolute atomic E-state index is 0. The second-order valence-electron chi connectivity index (χ2n) is 5.20. The van der Waals surface area contributed by atoms with Crippen LogP contribution < -0.4 is 28.8 Å². The molecule has 0 saturated heterocycles. The van der Waals surface area contributed by atoms with Gasteiger partial charge < -0.3 is 33.2 Å². The Bertz CT molecular complexity index is 848. The molecule has 0 aliphatic rings. The SMILES string of the molecule is Nc1nonc1C(=O)NCCNCc1ccc(-c2ccc(Cl)cc2)o1.[Cl-]. The molecule has 0 aliphatic heterocycles. The zero-order valence-corrected chi connectivity index (χ0v) is 15.0. The van der Waals surface area contributed by atoms with E-state index in [4.69, 9.17) is 21.8 Å². The van der Waals surface area contributed by atoms with Crippen LogP contribution in [0.5, 0.6) is 0 Å². The Labute approximate surface area is 160 Å². The van der Waals surface area contributed by atoms with Gasteiger partial charge in [0.25, 0.3) is 5.91 Å². The van der Waals surface area contributed by atoms with Gasteiger partial charge in [-0.3, -0.25) is 4.79 Å². The third-order valence-corrected chi connectivity index (χ3v) is 3.66. The molecule has 10 heteroatoms. The lowest BCUT2D eigenvalue weighted by Crippen LogP contribution is -3.00. The maximum Gasteiger partial charge on any atom is 0.277 e. The molecule has 0 spiro atoms. The molecule has 0 atom stereocenters. The van der Waals surface area contributed by atoms with Gasteiger partial charge in [-0.15, -0.1) is 0 Å². The van der Waals surface area contributed by atoms with E-state index in [1.165, 1.54) is 0 Å². The van der Waals surface area contributed by atoms with Crippen LogP contribution >= 0.6 is 11.6 Å². The molecule has 0 saturated carbocycles. The molecular formula is C16H16Cl2N5O3-. The number of benzene rings is 1. The van der Waals surface area contributed by atoms with Crippen molar-refractivity contribution in [3.05, 3.63) is 52.9 Å². The number of anilines is 1. The minimum atomic E-state index is -0.427. The first kappa shape index (κ1) is 19.8. The third kappa shape index (κ3) is 4.98. The van der Waals surface area contributed by atoms with Crippen molar-refractivity contribution in [2.45, 2.75) is 6.54 Å². The number of carbonyl (C=O) groups excluding carboxylic acids is 1. The van der Waals surface area contributed by atoms with E-state index in [-0.39, 0.29) is 23.9 Å². The monoisotopic (exact) mass is 396 g/mol. The number of furan rings is 1. The summed E-state index contributed by atoms with van der Waals surface area (Å²) in [6.45, 7) is 1.49. The summed E-state index contributed by atoms with van der Waals surface area (Å²) < 4.78 is 10.1. The topological polar surface area (TPSA) is 119 Å². The average molecular weight is 397 g/mol. The highest BCUT2D eigenvalue weighted by Gasteiger charge is 2.14. The molecule has 0 unspecified atom stereocenters. The quantitative estimate of drug-likeness (QED) is 0.442. The molecule has 0 aliphatic carbocycles. The molecule has 4 N–H and O–H groups in total. The Hall–Kier alpha value is -2.55. The van der Waals surface area contributed by atoms with E-state index < -0.39 is 5.91 Å². The number of amides is 1. The van der Waals surface area contributed by atoms with Crippen molar-refractivity contribution in [3.63, 3.8) is 0 Å². The van der Waals surface area contributed by atoms with Crippen molar-refractivity contribution in [2.24, 2.45) is 0 Å². The van der Waals surface area contributed by atoms with E-state index in [1.807, 2.05) is 36.4 Å². The van der Waals surface area contributed by atoms with Crippen LogP contribution in [0.3, 0.4) is 0 Å². The fraction of sp³-hybridized carbons (Fsp3) is 0.188. The van der Waals surface area contributed by atoms with Crippen molar-refractivity contribution < 1.29 is 26.2 Å². The number of carbonyl (C=O) groups is 1. The number of hydrogen-bond donors (Lipinski definition) is 3. The summed E-state index contributed by atoms with van der Waals surface area (Å²) in [5.74, 6) is 1.11. The van der Waals surface area contributed by atoms with E-state index in [9.17, 15) is 4.79 Å². The highest BCUT2D eigenvalue weighted by Crippen LogP contribution is 2.23. The van der Waals surface area contributed by atoms with Gasteiger partial charge in [-0.2, -0.15) is 0 Å². The van der Waals surface area contributed by atoms with E-state index in [2.05, 4.69) is 25.6 Å². The largest absolute Gasteiger partial charge is 1.00 e. The number of rotatable bonds is 7. The Morgan fingerprint density at radius 3 is 2.58 bits per heavy atom. The lowest BCUT2D eigenvalue weighted by atomic mass is 10.2. The van der Waals surface area contributed by atoms with Crippen molar-refractivity contribution >= 4 is 23.3 Å². The minimum Gasteiger partial charge on any atom is -1.00 e. The first-order valence-corrected chi connectivity index (χ1v) is 7.93. The Balaban J connectivity index is 0.00000243. The van der Waals surface area contributed by atoms with Crippen LogP contribution in [-0.2, 0) is 6.54 Å². The normalized spacial score (nSPS) is 10.3. The fourth-order valence-corrected chi connectivity index (χ4v) is 2.28. The summed E-state index contributed by atoms with van der Waals surface area (Å²) in [6, 6.07) is 11.2. The van der Waals surface area contributed by atoms with Crippen LogP contribution in [-0.4, -0.2) is 29.3 Å². The zero-order chi connectivity index (χ0) is 17.6. The third-order valence-electron chi connectivity index (χ3n) is 3.41. The zero-order valence-electron chi connectivity index (χ0n) is 13.5. The van der Waals surface area contributed by atoms with E-state index in [0.29, 0.717) is 24.7 Å². The van der Waals surface area contributed by atoms with Crippen LogP contribution in [0.25, 0.3) is 11.3 Å². The fourth-order valence-electron chi connectivity index (χ4n) is 2.15. The molecule has 8 nitrogen and oxygen atoms in total. The molecule has 138 valence electrons. The first-order valence-electron chi connectivity index (χ1n) is 7.55. The van der Waals surface area contributed by atoms with Gasteiger partial charge in [0.15, 0.2) is 0 Å². The molecule has 2 aromatic heterocycles. The Morgan fingerprint density at radius 2 is 1.88 bits per heavy atom. The lowest BCUT2D eigenvalue weighted by Gasteiger charge is -2.04. The molecule has 1 amide bonds. The molecular weight excluding hydrogens is 381 g/mol. The second kappa shape index (κ2) is 9.23. The summed E-state index contributed by atoms with van der Waals surface area (Å²) in [6.07, 6.45) is 0. The van der Waals surface area contributed by atoms with Gasteiger partial charge >= 0.3 is 0 Å². The lowest BCUT2D eigenvalue weighted by molar-refractivity contribution is -0.0000145. The smallest absolute Gasteiger partial charge is 0.277 e. The summed E-state index contributed by atoms with van der Waals surface area (Å²) in [4.78, 5) is 11.7.